The second-order valence-electron chi connectivity index (χ2n) is 4.57. The fraction of sp³-hybridized carbons (Fsp3) is 0.467. The van der Waals surface area contributed by atoms with E-state index in [0.717, 1.165) is 29.9 Å². The lowest BCUT2D eigenvalue weighted by Gasteiger charge is -2.23. The normalized spacial score (nSPS) is 11.2. The van der Waals surface area contributed by atoms with Crippen LogP contribution in [0.25, 0.3) is 0 Å². The fourth-order valence-electron chi connectivity index (χ4n) is 2.06. The molecular formula is C15H24N4O. The van der Waals surface area contributed by atoms with E-state index in [2.05, 4.69) is 15.6 Å². The number of carbonyl (C=O) groups is 1. The monoisotopic (exact) mass is 276 g/mol. The quantitative estimate of drug-likeness (QED) is 0.659. The Kier molecular flexibility index (Phi) is 6.03. The van der Waals surface area contributed by atoms with Crippen LogP contribution in [0.4, 0.5) is 10.5 Å². The third-order valence-corrected chi connectivity index (χ3v) is 3.22. The number of amides is 2. The maximum atomic E-state index is 12.1. The lowest BCUT2D eigenvalue weighted by molar-refractivity contribution is 0.254. The molecule has 0 fully saturated rings. The molecule has 0 heterocycles. The van der Waals surface area contributed by atoms with Crippen molar-refractivity contribution in [1.29, 1.82) is 0 Å². The van der Waals surface area contributed by atoms with Crippen LogP contribution in [0.2, 0.25) is 0 Å². The van der Waals surface area contributed by atoms with Crippen molar-refractivity contribution in [2.24, 2.45) is 4.99 Å². The standard InChI is InChI=1S/C15H24N4O/c1-6-19(7-2)14(16-5)18-15(20)17-13-11(3)9-8-10-12(13)4/h8-10H,6-7H2,1-5H3,(H2,16,17,18,20). The SMILES string of the molecule is CCN(CC)C(=NC)NC(=O)Nc1c(C)cccc1C. The zero-order chi connectivity index (χ0) is 15.1. The van der Waals surface area contributed by atoms with Crippen LogP contribution in [0, 0.1) is 13.8 Å². The summed E-state index contributed by atoms with van der Waals surface area (Å²) < 4.78 is 0. The highest BCUT2D eigenvalue weighted by molar-refractivity contribution is 6.02. The van der Waals surface area contributed by atoms with Gasteiger partial charge < -0.3 is 10.2 Å². The minimum atomic E-state index is -0.269. The van der Waals surface area contributed by atoms with Crippen LogP contribution in [0.5, 0.6) is 0 Å². The van der Waals surface area contributed by atoms with Crippen LogP contribution >= 0.6 is 0 Å². The average molecular weight is 276 g/mol. The van der Waals surface area contributed by atoms with Crippen molar-refractivity contribution in [3.63, 3.8) is 0 Å². The molecule has 0 saturated carbocycles. The second-order valence-corrected chi connectivity index (χ2v) is 4.57. The number of urea groups is 1. The van der Waals surface area contributed by atoms with Gasteiger partial charge in [0, 0.05) is 25.8 Å². The molecule has 110 valence electrons. The number of benzene rings is 1. The lowest BCUT2D eigenvalue weighted by atomic mass is 10.1. The summed E-state index contributed by atoms with van der Waals surface area (Å²) in [6.07, 6.45) is 0. The van der Waals surface area contributed by atoms with Gasteiger partial charge in [0.1, 0.15) is 0 Å². The van der Waals surface area contributed by atoms with Gasteiger partial charge in [-0.25, -0.2) is 4.79 Å². The number of carbonyl (C=O) groups excluding carboxylic acids is 1. The minimum absolute atomic E-state index is 0.269. The minimum Gasteiger partial charge on any atom is -0.343 e. The molecule has 5 heteroatoms. The van der Waals surface area contributed by atoms with Crippen LogP contribution in [0.15, 0.2) is 23.2 Å². The Balaban J connectivity index is 2.77. The van der Waals surface area contributed by atoms with E-state index in [0.29, 0.717) is 5.96 Å². The second kappa shape index (κ2) is 7.53. The van der Waals surface area contributed by atoms with Gasteiger partial charge in [0.25, 0.3) is 0 Å². The number of hydrogen-bond acceptors (Lipinski definition) is 2. The first-order valence-corrected chi connectivity index (χ1v) is 6.89. The van der Waals surface area contributed by atoms with Crippen LogP contribution in [0.3, 0.4) is 0 Å². The van der Waals surface area contributed by atoms with E-state index < -0.39 is 0 Å². The molecule has 2 amide bonds. The summed E-state index contributed by atoms with van der Waals surface area (Å²) in [6, 6.07) is 5.65. The van der Waals surface area contributed by atoms with E-state index in [1.165, 1.54) is 0 Å². The molecule has 2 N–H and O–H groups in total. The Morgan fingerprint density at radius 1 is 1.20 bits per heavy atom. The zero-order valence-corrected chi connectivity index (χ0v) is 12.9. The summed E-state index contributed by atoms with van der Waals surface area (Å²) in [4.78, 5) is 18.2. The summed E-state index contributed by atoms with van der Waals surface area (Å²) in [7, 11) is 1.67. The summed E-state index contributed by atoms with van der Waals surface area (Å²) >= 11 is 0. The number of hydrogen-bond donors (Lipinski definition) is 2. The van der Waals surface area contributed by atoms with E-state index >= 15 is 0 Å². The van der Waals surface area contributed by atoms with Gasteiger partial charge in [-0.15, -0.1) is 0 Å². The number of guanidine groups is 1. The Morgan fingerprint density at radius 2 is 1.75 bits per heavy atom. The molecule has 0 atom stereocenters. The van der Waals surface area contributed by atoms with Crippen LogP contribution in [-0.4, -0.2) is 37.0 Å². The summed E-state index contributed by atoms with van der Waals surface area (Å²) in [6.45, 7) is 9.60. The third kappa shape index (κ3) is 3.98. The molecule has 20 heavy (non-hydrogen) atoms. The van der Waals surface area contributed by atoms with Gasteiger partial charge >= 0.3 is 6.03 Å². The van der Waals surface area contributed by atoms with Crippen LogP contribution < -0.4 is 10.6 Å². The number of para-hydroxylation sites is 1. The van der Waals surface area contributed by atoms with Crippen LogP contribution in [0.1, 0.15) is 25.0 Å². The summed E-state index contributed by atoms with van der Waals surface area (Å²) in [5, 5.41) is 5.69. The number of nitrogens with zero attached hydrogens (tertiary/aromatic N) is 2. The molecule has 1 rings (SSSR count). The molecule has 0 aliphatic carbocycles. The van der Waals surface area contributed by atoms with E-state index in [4.69, 9.17) is 0 Å². The number of aryl methyl sites for hydroxylation is 2. The summed E-state index contributed by atoms with van der Waals surface area (Å²) in [5.41, 5.74) is 2.93. The van der Waals surface area contributed by atoms with Crippen molar-refractivity contribution in [2.75, 3.05) is 25.5 Å². The first kappa shape index (κ1) is 16.0. The van der Waals surface area contributed by atoms with Crippen molar-refractivity contribution >= 4 is 17.7 Å². The molecule has 0 saturated heterocycles. The highest BCUT2D eigenvalue weighted by atomic mass is 16.2. The van der Waals surface area contributed by atoms with Gasteiger partial charge in [-0.2, -0.15) is 0 Å². The van der Waals surface area contributed by atoms with E-state index in [1.807, 2.05) is 50.8 Å². The number of anilines is 1. The van der Waals surface area contributed by atoms with Crippen molar-refractivity contribution in [1.82, 2.24) is 10.2 Å². The van der Waals surface area contributed by atoms with Crippen molar-refractivity contribution in [2.45, 2.75) is 27.7 Å². The highest BCUT2D eigenvalue weighted by Crippen LogP contribution is 2.18. The van der Waals surface area contributed by atoms with Gasteiger partial charge in [-0.3, -0.25) is 10.3 Å². The van der Waals surface area contributed by atoms with Gasteiger partial charge in [0.2, 0.25) is 5.96 Å². The molecule has 0 aliphatic rings. The van der Waals surface area contributed by atoms with E-state index in [-0.39, 0.29) is 6.03 Å². The molecule has 0 radical (unpaired) electrons. The maximum Gasteiger partial charge on any atom is 0.326 e. The van der Waals surface area contributed by atoms with Crippen molar-refractivity contribution in [3.8, 4) is 0 Å². The third-order valence-electron chi connectivity index (χ3n) is 3.22. The van der Waals surface area contributed by atoms with Crippen molar-refractivity contribution < 1.29 is 4.79 Å². The molecule has 0 bridgehead atoms. The molecule has 5 nitrogen and oxygen atoms in total. The number of aliphatic imine (C=N–C) groups is 1. The van der Waals surface area contributed by atoms with Gasteiger partial charge in [0.05, 0.1) is 0 Å². The first-order valence-electron chi connectivity index (χ1n) is 6.89. The number of rotatable bonds is 3. The van der Waals surface area contributed by atoms with Gasteiger partial charge in [-0.1, -0.05) is 18.2 Å². The maximum absolute atomic E-state index is 12.1. The molecule has 1 aromatic rings. The fourth-order valence-corrected chi connectivity index (χ4v) is 2.06. The van der Waals surface area contributed by atoms with E-state index in [1.54, 1.807) is 7.05 Å². The predicted octanol–water partition coefficient (Wildman–Crippen LogP) is 2.75. The molecule has 0 unspecified atom stereocenters. The zero-order valence-electron chi connectivity index (χ0n) is 12.9. The molecule has 0 spiro atoms. The van der Waals surface area contributed by atoms with Gasteiger partial charge in [-0.05, 0) is 38.8 Å². The van der Waals surface area contributed by atoms with Crippen molar-refractivity contribution in [3.05, 3.63) is 29.3 Å². The Morgan fingerprint density at radius 3 is 2.20 bits per heavy atom. The average Bonchev–Trinajstić information content (AvgIpc) is 2.43. The number of nitrogens with one attached hydrogen (secondary N) is 2. The van der Waals surface area contributed by atoms with E-state index in [9.17, 15) is 4.79 Å². The van der Waals surface area contributed by atoms with Crippen LogP contribution in [-0.2, 0) is 0 Å². The topological polar surface area (TPSA) is 56.7 Å². The molecule has 0 aromatic heterocycles. The largest absolute Gasteiger partial charge is 0.343 e. The molecule has 0 aliphatic heterocycles. The smallest absolute Gasteiger partial charge is 0.326 e. The Labute approximate surface area is 121 Å². The Hall–Kier alpha value is -2.04. The molecule has 1 aromatic carbocycles. The first-order chi connectivity index (χ1) is 9.53. The Bertz CT molecular complexity index is 472. The highest BCUT2D eigenvalue weighted by Gasteiger charge is 2.12. The van der Waals surface area contributed by atoms with Gasteiger partial charge in [0.15, 0.2) is 0 Å². The summed E-state index contributed by atoms with van der Waals surface area (Å²) in [5.74, 6) is 0.582. The predicted molar refractivity (Wildman–Crippen MR) is 84.4 cm³/mol. The molecular weight excluding hydrogens is 252 g/mol. The lowest BCUT2D eigenvalue weighted by Crippen LogP contribution is -2.45.